The number of nitrogens with zero attached hydrogens (tertiary/aromatic N) is 6. The average molecular weight is 793 g/mol. The molecule has 5 N–H and O–H groups in total. The second kappa shape index (κ2) is 19.5. The molecule has 308 valence electrons. The molecule has 2 aliphatic rings. The average Bonchev–Trinajstić information content (AvgIpc) is 4.01. The predicted octanol–water partition coefficient (Wildman–Crippen LogP) is 6.09. The zero-order valence-electron chi connectivity index (χ0n) is 34.1. The summed E-state index contributed by atoms with van der Waals surface area (Å²) >= 11 is 0. The number of nitrogens with two attached hydrogens (primary N) is 1. The third-order valence-corrected chi connectivity index (χ3v) is 11.3. The quantitative estimate of drug-likeness (QED) is 0.116. The van der Waals surface area contributed by atoms with E-state index in [1.54, 1.807) is 64.6 Å². The molecule has 0 unspecified atom stereocenters. The number of benzene rings is 2. The Hall–Kier alpha value is -5.96. The molecule has 0 spiro atoms. The Bertz CT molecular complexity index is 2160. The second-order valence-corrected chi connectivity index (χ2v) is 15.2. The van der Waals surface area contributed by atoms with Crippen molar-refractivity contribution in [3.8, 4) is 34.0 Å². The van der Waals surface area contributed by atoms with Gasteiger partial charge >= 0.3 is 0 Å². The van der Waals surface area contributed by atoms with Crippen LogP contribution in [0.1, 0.15) is 74.7 Å². The van der Waals surface area contributed by atoms with Crippen LogP contribution in [0.25, 0.3) is 22.5 Å². The van der Waals surface area contributed by atoms with Crippen molar-refractivity contribution in [3.05, 3.63) is 79.4 Å². The fraction of sp³-hybridized carbons (Fsp3) is 0.442. The van der Waals surface area contributed by atoms with E-state index in [0.717, 1.165) is 67.5 Å². The molecule has 3 amide bonds. The van der Waals surface area contributed by atoms with Crippen LogP contribution in [0.15, 0.2) is 73.7 Å². The zero-order chi connectivity index (χ0) is 41.2. The van der Waals surface area contributed by atoms with Gasteiger partial charge in [0.1, 0.15) is 23.2 Å². The highest BCUT2D eigenvalue weighted by molar-refractivity contribution is 6.01. The van der Waals surface area contributed by atoms with E-state index in [-0.39, 0.29) is 29.6 Å². The summed E-state index contributed by atoms with van der Waals surface area (Å²) in [7, 11) is 8.77. The largest absolute Gasteiger partial charge is 0.496 e. The van der Waals surface area contributed by atoms with Crippen molar-refractivity contribution >= 4 is 29.1 Å². The third-order valence-electron chi connectivity index (χ3n) is 11.3. The minimum Gasteiger partial charge on any atom is -0.496 e. The van der Waals surface area contributed by atoms with Gasteiger partial charge in [0, 0.05) is 62.0 Å². The van der Waals surface area contributed by atoms with Gasteiger partial charge in [0.2, 0.25) is 11.8 Å². The van der Waals surface area contributed by atoms with Crippen LogP contribution in [0.2, 0.25) is 0 Å². The summed E-state index contributed by atoms with van der Waals surface area (Å²) in [4.78, 5) is 47.0. The number of imidazole rings is 2. The lowest BCUT2D eigenvalue weighted by Gasteiger charge is -2.30. The monoisotopic (exact) mass is 792 g/mol. The van der Waals surface area contributed by atoms with Crippen molar-refractivity contribution in [2.45, 2.75) is 76.3 Å². The molecule has 2 aliphatic carbocycles. The summed E-state index contributed by atoms with van der Waals surface area (Å²) in [5.41, 5.74) is 11.6. The number of carbonyl (C=O) groups excluding carboxylic acids is 3. The van der Waals surface area contributed by atoms with Crippen molar-refractivity contribution in [2.24, 2.45) is 38.7 Å². The van der Waals surface area contributed by atoms with Crippen LogP contribution in [-0.2, 0) is 30.7 Å². The molecule has 5 aromatic rings. The number of aryl methyl sites for hydroxylation is 3. The molecule has 3 heterocycles. The summed E-state index contributed by atoms with van der Waals surface area (Å²) in [5.74, 6) is 1.04. The molecule has 58 heavy (non-hydrogen) atoms. The second-order valence-electron chi connectivity index (χ2n) is 15.2. The van der Waals surface area contributed by atoms with Crippen molar-refractivity contribution < 1.29 is 23.9 Å². The normalized spacial score (nSPS) is 15.7. The van der Waals surface area contributed by atoms with Gasteiger partial charge in [-0.15, -0.1) is 0 Å². The first kappa shape index (κ1) is 41.7. The van der Waals surface area contributed by atoms with Crippen molar-refractivity contribution in [2.75, 3.05) is 24.9 Å². The fourth-order valence-electron chi connectivity index (χ4n) is 8.02. The van der Waals surface area contributed by atoms with E-state index in [0.29, 0.717) is 28.6 Å². The maximum absolute atomic E-state index is 13.4. The molecule has 15 heteroatoms. The number of hydrogen-bond acceptors (Lipinski definition) is 9. The third kappa shape index (κ3) is 9.94. The molecule has 3 aromatic heterocycles. The van der Waals surface area contributed by atoms with Gasteiger partial charge in [-0.1, -0.05) is 38.5 Å². The molecule has 2 aromatic carbocycles. The molecule has 15 nitrogen and oxygen atoms in total. The Morgan fingerprint density at radius 1 is 0.707 bits per heavy atom. The molecule has 2 fully saturated rings. The Labute approximate surface area is 339 Å². The first-order chi connectivity index (χ1) is 28.1. The summed E-state index contributed by atoms with van der Waals surface area (Å²) in [5, 5.41) is 12.9. The van der Waals surface area contributed by atoms with Crippen LogP contribution in [0.3, 0.4) is 0 Å². The highest BCUT2D eigenvalue weighted by Crippen LogP contribution is 2.34. The Morgan fingerprint density at radius 2 is 1.21 bits per heavy atom. The van der Waals surface area contributed by atoms with E-state index < -0.39 is 12.1 Å². The molecule has 2 saturated carbocycles. The number of carbonyl (C=O) groups is 3. The summed E-state index contributed by atoms with van der Waals surface area (Å²) < 4.78 is 16.4. The van der Waals surface area contributed by atoms with Crippen molar-refractivity contribution in [1.82, 2.24) is 34.2 Å². The first-order valence-electron chi connectivity index (χ1n) is 20.0. The Kier molecular flexibility index (Phi) is 14.0. The van der Waals surface area contributed by atoms with Crippen molar-refractivity contribution in [3.63, 3.8) is 0 Å². The Balaban J connectivity index is 0.000000203. The first-order valence-corrected chi connectivity index (χ1v) is 20.0. The highest BCUT2D eigenvalue weighted by atomic mass is 16.5. The number of methoxy groups -OCH3 is 2. The smallest absolute Gasteiger partial charge is 0.270 e. The maximum Gasteiger partial charge on any atom is 0.270 e. The number of hydrogen-bond donors (Lipinski definition) is 4. The van der Waals surface area contributed by atoms with Gasteiger partial charge in [0.25, 0.3) is 5.91 Å². The van der Waals surface area contributed by atoms with E-state index in [1.165, 1.54) is 23.9 Å². The minimum absolute atomic E-state index is 0.0894. The number of ether oxygens (including phenoxy) is 2. The van der Waals surface area contributed by atoms with Crippen LogP contribution >= 0.6 is 0 Å². The van der Waals surface area contributed by atoms with E-state index in [9.17, 15) is 14.4 Å². The molecule has 2 atom stereocenters. The number of nitrogens with one attached hydrogen (secondary N) is 3. The molecule has 0 saturated heterocycles. The topological polar surface area (TPSA) is 185 Å². The molecular weight excluding hydrogens is 737 g/mol. The number of amides is 3. The lowest BCUT2D eigenvalue weighted by atomic mass is 9.83. The van der Waals surface area contributed by atoms with E-state index in [1.807, 2.05) is 53.6 Å². The van der Waals surface area contributed by atoms with E-state index >= 15 is 0 Å². The van der Waals surface area contributed by atoms with Crippen LogP contribution in [0, 0.1) is 11.8 Å². The lowest BCUT2D eigenvalue weighted by molar-refractivity contribution is -0.120. The van der Waals surface area contributed by atoms with Gasteiger partial charge in [0.15, 0.2) is 0 Å². The molecule has 0 bridgehead atoms. The van der Waals surface area contributed by atoms with Crippen LogP contribution < -0.4 is 31.2 Å². The maximum atomic E-state index is 13.4. The van der Waals surface area contributed by atoms with Gasteiger partial charge in [-0.3, -0.25) is 19.1 Å². The number of aromatic nitrogens is 6. The highest BCUT2D eigenvalue weighted by Gasteiger charge is 2.32. The number of rotatable bonds is 12. The number of anilines is 2. The Morgan fingerprint density at radius 3 is 1.66 bits per heavy atom. The summed E-state index contributed by atoms with van der Waals surface area (Å²) in [6, 6.07) is 11.7. The van der Waals surface area contributed by atoms with Gasteiger partial charge in [-0.05, 0) is 67.9 Å². The van der Waals surface area contributed by atoms with E-state index in [4.69, 9.17) is 15.2 Å². The lowest BCUT2D eigenvalue weighted by Crippen LogP contribution is -2.49. The summed E-state index contributed by atoms with van der Waals surface area (Å²) in [6.45, 7) is 0. The molecule has 0 aliphatic heterocycles. The zero-order valence-corrected chi connectivity index (χ0v) is 34.1. The predicted molar refractivity (Wildman–Crippen MR) is 223 cm³/mol. The van der Waals surface area contributed by atoms with Crippen molar-refractivity contribution in [1.29, 1.82) is 0 Å². The molecule has 7 rings (SSSR count). The van der Waals surface area contributed by atoms with Crippen LogP contribution in [0.5, 0.6) is 11.5 Å². The van der Waals surface area contributed by atoms with Crippen LogP contribution in [0.4, 0.5) is 11.4 Å². The summed E-state index contributed by atoms with van der Waals surface area (Å²) in [6.07, 6.45) is 19.3. The van der Waals surface area contributed by atoms with Gasteiger partial charge in [0.05, 0.1) is 56.7 Å². The van der Waals surface area contributed by atoms with Gasteiger partial charge in [-0.25, -0.2) is 9.97 Å². The van der Waals surface area contributed by atoms with Gasteiger partial charge in [-0.2, -0.15) is 5.10 Å². The molecular formula is C43H56N10O5. The van der Waals surface area contributed by atoms with Gasteiger partial charge < -0.3 is 40.3 Å². The van der Waals surface area contributed by atoms with Crippen LogP contribution in [-0.4, -0.2) is 72.9 Å². The minimum atomic E-state index is -0.629. The fourth-order valence-corrected chi connectivity index (χ4v) is 8.02. The molecule has 0 radical (unpaired) electrons. The standard InChI is InChI=1S/C24H30N6O3.C19H26N4O2/c1-29-15-25-14-20(29)18-10-9-17(13-21(18)33-3)27-24(32)22(16-7-5-4-6-8-16)28-23(31)19-11-12-26-30(19)2;1-23-12-21-11-16(23)15-9-8-14(10-17(15)25-2)22-19(24)18(20)13-6-4-3-5-7-13/h9-16,22H,4-8H2,1-3H3,(H,27,32)(H,28,31);8-13,18H,3-7,20H2,1-2H3,(H,22,24)/t22-;18-/m00/s1. The SMILES string of the molecule is COc1cc(NC(=O)[C@@H](N)C2CCCCC2)ccc1-c1cncn1C.COc1cc(NC(=O)[C@@H](NC(=O)c2ccnn2C)C2CCCCC2)ccc1-c1cncn1C. The van der Waals surface area contributed by atoms with E-state index in [2.05, 4.69) is 31.0 Å².